The van der Waals surface area contributed by atoms with Crippen molar-refractivity contribution >= 4 is 22.1 Å². The zero-order valence-electron chi connectivity index (χ0n) is 13.4. The van der Waals surface area contributed by atoms with Crippen molar-refractivity contribution in [2.24, 2.45) is 0 Å². The number of hydrogen-bond donors (Lipinski definition) is 0. The molecule has 1 aromatic rings. The lowest BCUT2D eigenvalue weighted by Gasteiger charge is -2.18. The fourth-order valence-corrected chi connectivity index (χ4v) is 3.33. The van der Waals surface area contributed by atoms with Crippen LogP contribution >= 0.6 is 0 Å². The molecule has 23 heavy (non-hydrogen) atoms. The largest absolute Gasteiger partial charge is 0.444 e. The van der Waals surface area contributed by atoms with E-state index in [9.17, 15) is 13.2 Å². The number of nitriles is 1. The van der Waals surface area contributed by atoms with Crippen LogP contribution in [0, 0.1) is 11.3 Å². The molecule has 0 aliphatic rings. The van der Waals surface area contributed by atoms with Gasteiger partial charge < -0.3 is 4.74 Å². The SMILES string of the molecule is CCN(CC)S(=O)(=O)c1ccc(/C=C/C(=O)O[C@@H](C)C#N)cc1. The van der Waals surface area contributed by atoms with E-state index in [1.54, 1.807) is 32.0 Å². The summed E-state index contributed by atoms with van der Waals surface area (Å²) in [5.74, 6) is -0.626. The maximum atomic E-state index is 12.3. The van der Waals surface area contributed by atoms with Crippen LogP contribution < -0.4 is 0 Å². The summed E-state index contributed by atoms with van der Waals surface area (Å²) >= 11 is 0. The van der Waals surface area contributed by atoms with Crippen molar-refractivity contribution in [3.05, 3.63) is 35.9 Å². The molecular formula is C16H20N2O4S. The van der Waals surface area contributed by atoms with Gasteiger partial charge in [0.15, 0.2) is 6.10 Å². The number of hydrogen-bond acceptors (Lipinski definition) is 5. The molecule has 7 heteroatoms. The minimum atomic E-state index is -3.49. The molecule has 0 aliphatic heterocycles. The molecule has 0 spiro atoms. The van der Waals surface area contributed by atoms with E-state index in [0.29, 0.717) is 18.7 Å². The van der Waals surface area contributed by atoms with Crippen LogP contribution in [0.1, 0.15) is 26.3 Å². The van der Waals surface area contributed by atoms with Gasteiger partial charge in [-0.15, -0.1) is 0 Å². The molecule has 0 saturated carbocycles. The normalized spacial score (nSPS) is 13.0. The average Bonchev–Trinajstić information content (AvgIpc) is 2.54. The second-order valence-electron chi connectivity index (χ2n) is 4.70. The molecule has 6 nitrogen and oxygen atoms in total. The number of ether oxygens (including phenoxy) is 1. The third kappa shape index (κ3) is 5.20. The molecule has 0 unspecified atom stereocenters. The molecule has 0 amide bonds. The highest BCUT2D eigenvalue weighted by molar-refractivity contribution is 7.89. The highest BCUT2D eigenvalue weighted by Gasteiger charge is 2.20. The second-order valence-corrected chi connectivity index (χ2v) is 6.64. The zero-order valence-corrected chi connectivity index (χ0v) is 14.2. The molecule has 0 bridgehead atoms. The topological polar surface area (TPSA) is 87.5 Å². The number of nitrogens with zero attached hydrogens (tertiary/aromatic N) is 2. The maximum Gasteiger partial charge on any atom is 0.332 e. The highest BCUT2D eigenvalue weighted by atomic mass is 32.2. The molecule has 124 valence electrons. The molecule has 0 aliphatic carbocycles. The van der Waals surface area contributed by atoms with Gasteiger partial charge in [-0.2, -0.15) is 9.57 Å². The average molecular weight is 336 g/mol. The van der Waals surface area contributed by atoms with Crippen molar-refractivity contribution in [1.82, 2.24) is 4.31 Å². The minimum absolute atomic E-state index is 0.207. The van der Waals surface area contributed by atoms with Crippen LogP contribution in [0.25, 0.3) is 6.08 Å². The highest BCUT2D eigenvalue weighted by Crippen LogP contribution is 2.16. The fourth-order valence-electron chi connectivity index (χ4n) is 1.87. The van der Waals surface area contributed by atoms with Crippen molar-refractivity contribution in [2.75, 3.05) is 13.1 Å². The number of carbonyl (C=O) groups is 1. The number of sulfonamides is 1. The Morgan fingerprint density at radius 3 is 2.35 bits per heavy atom. The van der Waals surface area contributed by atoms with Gasteiger partial charge in [-0.1, -0.05) is 26.0 Å². The van der Waals surface area contributed by atoms with Crippen LogP contribution in [0.15, 0.2) is 35.2 Å². The van der Waals surface area contributed by atoms with Crippen molar-refractivity contribution < 1.29 is 17.9 Å². The first-order chi connectivity index (χ1) is 10.8. The van der Waals surface area contributed by atoms with Crippen LogP contribution in [-0.4, -0.2) is 37.9 Å². The lowest BCUT2D eigenvalue weighted by molar-refractivity contribution is -0.139. The van der Waals surface area contributed by atoms with E-state index >= 15 is 0 Å². The molecule has 0 heterocycles. The Labute approximate surface area is 137 Å². The van der Waals surface area contributed by atoms with E-state index < -0.39 is 22.1 Å². The van der Waals surface area contributed by atoms with E-state index in [4.69, 9.17) is 10.00 Å². The van der Waals surface area contributed by atoms with E-state index in [2.05, 4.69) is 0 Å². The quantitative estimate of drug-likeness (QED) is 0.562. The van der Waals surface area contributed by atoms with Crippen LogP contribution in [-0.2, 0) is 19.6 Å². The zero-order chi connectivity index (χ0) is 17.5. The van der Waals surface area contributed by atoms with Gasteiger partial charge in [-0.05, 0) is 30.7 Å². The molecule has 0 aromatic heterocycles. The summed E-state index contributed by atoms with van der Waals surface area (Å²) in [5.41, 5.74) is 0.657. The van der Waals surface area contributed by atoms with Gasteiger partial charge in [0.2, 0.25) is 10.0 Å². The van der Waals surface area contributed by atoms with Gasteiger partial charge in [-0.3, -0.25) is 0 Å². The summed E-state index contributed by atoms with van der Waals surface area (Å²) in [6.07, 6.45) is 1.89. The van der Waals surface area contributed by atoms with Gasteiger partial charge in [-0.25, -0.2) is 13.2 Å². The van der Waals surface area contributed by atoms with Gasteiger partial charge >= 0.3 is 5.97 Å². The van der Waals surface area contributed by atoms with Crippen molar-refractivity contribution in [3.63, 3.8) is 0 Å². The van der Waals surface area contributed by atoms with E-state index in [1.165, 1.54) is 35.5 Å². The predicted octanol–water partition coefficient (Wildman–Crippen LogP) is 2.19. The first kappa shape index (κ1) is 18.9. The summed E-state index contributed by atoms with van der Waals surface area (Å²) in [4.78, 5) is 11.6. The molecule has 0 N–H and O–H groups in total. The summed E-state index contributed by atoms with van der Waals surface area (Å²) < 4.78 is 30.8. The molecule has 0 radical (unpaired) electrons. The molecule has 1 aromatic carbocycles. The third-order valence-electron chi connectivity index (χ3n) is 3.11. The van der Waals surface area contributed by atoms with Gasteiger partial charge in [0.05, 0.1) is 4.90 Å². The number of rotatable bonds is 7. The van der Waals surface area contributed by atoms with E-state index in [-0.39, 0.29) is 4.90 Å². The van der Waals surface area contributed by atoms with Crippen molar-refractivity contribution in [1.29, 1.82) is 5.26 Å². The summed E-state index contributed by atoms with van der Waals surface area (Å²) in [6, 6.07) is 7.99. The molecule has 1 rings (SSSR count). The lowest BCUT2D eigenvalue weighted by Crippen LogP contribution is -2.30. The predicted molar refractivity (Wildman–Crippen MR) is 86.7 cm³/mol. The summed E-state index contributed by atoms with van der Waals surface area (Å²) in [7, 11) is -3.49. The number of esters is 1. The Hall–Kier alpha value is -2.17. The molecular weight excluding hydrogens is 316 g/mol. The number of benzene rings is 1. The first-order valence-corrected chi connectivity index (χ1v) is 8.67. The smallest absolute Gasteiger partial charge is 0.332 e. The fraction of sp³-hybridized carbons (Fsp3) is 0.375. The second kappa shape index (κ2) is 8.46. The Morgan fingerprint density at radius 2 is 1.87 bits per heavy atom. The van der Waals surface area contributed by atoms with Gasteiger partial charge in [0, 0.05) is 19.2 Å². The van der Waals surface area contributed by atoms with Crippen molar-refractivity contribution in [2.45, 2.75) is 31.8 Å². The van der Waals surface area contributed by atoms with Crippen LogP contribution in [0.2, 0.25) is 0 Å². The van der Waals surface area contributed by atoms with E-state index in [1.807, 2.05) is 0 Å². The molecule has 1 atom stereocenters. The van der Waals surface area contributed by atoms with Crippen LogP contribution in [0.5, 0.6) is 0 Å². The maximum absolute atomic E-state index is 12.3. The molecule has 0 fully saturated rings. The van der Waals surface area contributed by atoms with Gasteiger partial charge in [0.1, 0.15) is 6.07 Å². The van der Waals surface area contributed by atoms with Crippen LogP contribution in [0.4, 0.5) is 0 Å². The lowest BCUT2D eigenvalue weighted by atomic mass is 10.2. The Kier molecular flexibility index (Phi) is 6.94. The number of carbonyl (C=O) groups excluding carboxylic acids is 1. The Balaban J connectivity index is 2.85. The van der Waals surface area contributed by atoms with E-state index in [0.717, 1.165) is 0 Å². The summed E-state index contributed by atoms with van der Waals surface area (Å²) in [6.45, 7) is 5.85. The molecule has 0 saturated heterocycles. The monoisotopic (exact) mass is 336 g/mol. The van der Waals surface area contributed by atoms with Crippen LogP contribution in [0.3, 0.4) is 0 Å². The third-order valence-corrected chi connectivity index (χ3v) is 5.17. The minimum Gasteiger partial charge on any atom is -0.444 e. The summed E-state index contributed by atoms with van der Waals surface area (Å²) in [5, 5.41) is 8.55. The van der Waals surface area contributed by atoms with Crippen molar-refractivity contribution in [3.8, 4) is 6.07 Å². The standard InChI is InChI=1S/C16H20N2O4S/c1-4-18(5-2)23(20,21)15-9-6-14(7-10-15)8-11-16(19)22-13(3)12-17/h6-11,13H,4-5H2,1-3H3/b11-8+/t13-/m0/s1. The first-order valence-electron chi connectivity index (χ1n) is 7.23. The Bertz CT molecular complexity index is 699. The van der Waals surface area contributed by atoms with Gasteiger partial charge in [0.25, 0.3) is 0 Å². The Morgan fingerprint density at radius 1 is 1.30 bits per heavy atom.